The van der Waals surface area contributed by atoms with Crippen molar-refractivity contribution in [3.05, 3.63) is 41.5 Å². The summed E-state index contributed by atoms with van der Waals surface area (Å²) >= 11 is 0. The van der Waals surface area contributed by atoms with Crippen molar-refractivity contribution in [3.8, 4) is 0 Å². The molecule has 8 nitrogen and oxygen atoms in total. The molecule has 0 fully saturated rings. The molecular weight excluding hydrogens is 276 g/mol. The van der Waals surface area contributed by atoms with Crippen molar-refractivity contribution in [2.24, 2.45) is 0 Å². The molecule has 2 heterocycles. The normalized spacial score (nSPS) is 10.2. The molecule has 2 rings (SSSR count). The lowest BCUT2D eigenvalue weighted by molar-refractivity contribution is -0.139. The van der Waals surface area contributed by atoms with Gasteiger partial charge in [-0.2, -0.15) is 0 Å². The minimum absolute atomic E-state index is 0.00629. The topological polar surface area (TPSA) is 96.2 Å². The van der Waals surface area contributed by atoms with Crippen molar-refractivity contribution < 1.29 is 19.1 Å². The summed E-state index contributed by atoms with van der Waals surface area (Å²) in [6, 6.07) is 3.64. The Morgan fingerprint density at radius 3 is 2.71 bits per heavy atom. The first-order chi connectivity index (χ1) is 10.2. The molecule has 21 heavy (non-hydrogen) atoms. The molecule has 0 radical (unpaired) electrons. The Kier molecular flexibility index (Phi) is 4.60. The van der Waals surface area contributed by atoms with Gasteiger partial charge in [-0.25, -0.2) is 9.48 Å². The van der Waals surface area contributed by atoms with Gasteiger partial charge < -0.3 is 9.47 Å². The van der Waals surface area contributed by atoms with Crippen molar-refractivity contribution in [3.63, 3.8) is 0 Å². The number of pyridine rings is 1. The molecule has 8 heteroatoms. The summed E-state index contributed by atoms with van der Waals surface area (Å²) in [6.45, 7) is 0.337. The maximum absolute atomic E-state index is 11.7. The van der Waals surface area contributed by atoms with E-state index >= 15 is 0 Å². The third-order valence-electron chi connectivity index (χ3n) is 2.81. The lowest BCUT2D eigenvalue weighted by Gasteiger charge is -2.06. The summed E-state index contributed by atoms with van der Waals surface area (Å²) in [5.41, 5.74) is 1.22. The van der Waals surface area contributed by atoms with E-state index in [4.69, 9.17) is 0 Å². The second-order valence-corrected chi connectivity index (χ2v) is 4.15. The number of carbonyl (C=O) groups excluding carboxylic acids is 2. The molecule has 0 bridgehead atoms. The highest BCUT2D eigenvalue weighted by Crippen LogP contribution is 2.11. The summed E-state index contributed by atoms with van der Waals surface area (Å²) < 4.78 is 10.7. The van der Waals surface area contributed by atoms with E-state index < -0.39 is 11.9 Å². The van der Waals surface area contributed by atoms with Crippen LogP contribution in [-0.4, -0.2) is 46.1 Å². The molecule has 2 aromatic heterocycles. The van der Waals surface area contributed by atoms with Gasteiger partial charge in [-0.3, -0.25) is 9.78 Å². The minimum atomic E-state index is -0.647. The van der Waals surface area contributed by atoms with E-state index in [0.29, 0.717) is 12.2 Å². The number of aromatic nitrogens is 4. The monoisotopic (exact) mass is 290 g/mol. The fourth-order valence-corrected chi connectivity index (χ4v) is 1.76. The second kappa shape index (κ2) is 6.60. The third-order valence-corrected chi connectivity index (χ3v) is 2.81. The second-order valence-electron chi connectivity index (χ2n) is 4.15. The highest BCUT2D eigenvalue weighted by Gasteiger charge is 2.22. The Labute approximate surface area is 120 Å². The number of hydrogen-bond acceptors (Lipinski definition) is 7. The Bertz CT molecular complexity index is 639. The average molecular weight is 290 g/mol. The van der Waals surface area contributed by atoms with Gasteiger partial charge in [0, 0.05) is 12.4 Å². The summed E-state index contributed by atoms with van der Waals surface area (Å²) in [4.78, 5) is 27.2. The van der Waals surface area contributed by atoms with Crippen molar-refractivity contribution in [2.45, 2.75) is 13.0 Å². The van der Waals surface area contributed by atoms with E-state index in [-0.39, 0.29) is 12.1 Å². The Morgan fingerprint density at radius 2 is 2.10 bits per heavy atom. The number of carbonyl (C=O) groups is 2. The maximum atomic E-state index is 11.7. The van der Waals surface area contributed by atoms with Gasteiger partial charge in [-0.05, 0) is 11.6 Å². The molecule has 0 saturated heterocycles. The van der Waals surface area contributed by atoms with Gasteiger partial charge in [-0.15, -0.1) is 5.10 Å². The summed E-state index contributed by atoms with van der Waals surface area (Å²) in [6.07, 6.45) is 3.20. The largest absolute Gasteiger partial charge is 0.469 e. The van der Waals surface area contributed by atoms with Crippen LogP contribution in [0.4, 0.5) is 0 Å². The van der Waals surface area contributed by atoms with Gasteiger partial charge in [0.05, 0.1) is 32.9 Å². The van der Waals surface area contributed by atoms with E-state index in [0.717, 1.165) is 5.56 Å². The standard InChI is InChI=1S/C13H14N4O4/c1-20-11(18)6-10-12(13(19)21-2)15-16-17(10)8-9-4-3-5-14-7-9/h3-5,7H,6,8H2,1-2H3. The molecule has 2 aromatic rings. The number of hydrogen-bond donors (Lipinski definition) is 0. The third kappa shape index (κ3) is 3.41. The van der Waals surface area contributed by atoms with Crippen LogP contribution in [0.3, 0.4) is 0 Å². The van der Waals surface area contributed by atoms with E-state index in [1.165, 1.54) is 18.9 Å². The van der Waals surface area contributed by atoms with Gasteiger partial charge in [0.15, 0.2) is 5.69 Å². The maximum Gasteiger partial charge on any atom is 0.360 e. The molecule has 0 amide bonds. The molecule has 0 spiro atoms. The molecule has 0 atom stereocenters. The van der Waals surface area contributed by atoms with Crippen LogP contribution in [0.2, 0.25) is 0 Å². The first-order valence-electron chi connectivity index (χ1n) is 6.12. The summed E-state index contributed by atoms with van der Waals surface area (Å²) in [5.74, 6) is -1.14. The van der Waals surface area contributed by atoms with Crippen molar-refractivity contribution in [1.82, 2.24) is 20.0 Å². The zero-order valence-corrected chi connectivity index (χ0v) is 11.6. The zero-order valence-electron chi connectivity index (χ0n) is 11.6. The van der Waals surface area contributed by atoms with E-state index in [1.54, 1.807) is 18.5 Å². The Balaban J connectivity index is 2.34. The van der Waals surface area contributed by atoms with Gasteiger partial charge >= 0.3 is 11.9 Å². The number of methoxy groups -OCH3 is 2. The van der Waals surface area contributed by atoms with Crippen molar-refractivity contribution >= 4 is 11.9 Å². The minimum Gasteiger partial charge on any atom is -0.469 e. The lowest BCUT2D eigenvalue weighted by Crippen LogP contribution is -2.15. The van der Waals surface area contributed by atoms with Crippen LogP contribution in [0.25, 0.3) is 0 Å². The fraction of sp³-hybridized carbons (Fsp3) is 0.308. The van der Waals surface area contributed by atoms with Crippen LogP contribution in [0.1, 0.15) is 21.7 Å². The van der Waals surface area contributed by atoms with Crippen LogP contribution < -0.4 is 0 Å². The van der Waals surface area contributed by atoms with Crippen molar-refractivity contribution in [2.75, 3.05) is 14.2 Å². The molecule has 0 N–H and O–H groups in total. The Hall–Kier alpha value is -2.77. The van der Waals surface area contributed by atoms with Crippen LogP contribution in [0.5, 0.6) is 0 Å². The number of nitrogens with zero attached hydrogens (tertiary/aromatic N) is 4. The molecule has 0 aliphatic heterocycles. The number of ether oxygens (including phenoxy) is 2. The average Bonchev–Trinajstić information content (AvgIpc) is 2.90. The highest BCUT2D eigenvalue weighted by molar-refractivity contribution is 5.89. The molecule has 0 saturated carbocycles. The molecule has 0 unspecified atom stereocenters. The van der Waals surface area contributed by atoms with E-state index in [1.807, 2.05) is 6.07 Å². The zero-order chi connectivity index (χ0) is 15.2. The van der Waals surface area contributed by atoms with Crippen LogP contribution in [0.15, 0.2) is 24.5 Å². The Morgan fingerprint density at radius 1 is 1.29 bits per heavy atom. The van der Waals surface area contributed by atoms with E-state index in [9.17, 15) is 9.59 Å². The van der Waals surface area contributed by atoms with Gasteiger partial charge in [0.1, 0.15) is 0 Å². The first-order valence-corrected chi connectivity index (χ1v) is 6.12. The predicted octanol–water partition coefficient (Wildman–Crippen LogP) is 0.223. The molecule has 0 aliphatic rings. The van der Waals surface area contributed by atoms with Crippen molar-refractivity contribution in [1.29, 1.82) is 0 Å². The van der Waals surface area contributed by atoms with Gasteiger partial charge in [0.2, 0.25) is 0 Å². The first kappa shape index (κ1) is 14.6. The summed E-state index contributed by atoms with van der Waals surface area (Å²) in [7, 11) is 2.51. The number of rotatable bonds is 5. The number of esters is 2. The van der Waals surface area contributed by atoms with Crippen LogP contribution in [0, 0.1) is 0 Å². The SMILES string of the molecule is COC(=O)Cc1c(C(=O)OC)nnn1Cc1cccnc1. The predicted molar refractivity (Wildman–Crippen MR) is 70.4 cm³/mol. The highest BCUT2D eigenvalue weighted by atomic mass is 16.5. The van der Waals surface area contributed by atoms with E-state index in [2.05, 4.69) is 24.8 Å². The quantitative estimate of drug-likeness (QED) is 0.727. The van der Waals surface area contributed by atoms with Crippen LogP contribution in [-0.2, 0) is 27.2 Å². The van der Waals surface area contributed by atoms with Gasteiger partial charge in [-0.1, -0.05) is 11.3 Å². The summed E-state index contributed by atoms with van der Waals surface area (Å²) in [5, 5.41) is 7.68. The van der Waals surface area contributed by atoms with Crippen LogP contribution >= 0.6 is 0 Å². The fourth-order valence-electron chi connectivity index (χ4n) is 1.76. The lowest BCUT2D eigenvalue weighted by atomic mass is 10.2. The molecule has 110 valence electrons. The van der Waals surface area contributed by atoms with Gasteiger partial charge in [0.25, 0.3) is 0 Å². The smallest absolute Gasteiger partial charge is 0.360 e. The molecule has 0 aliphatic carbocycles. The molecular formula is C13H14N4O4. The molecule has 0 aromatic carbocycles.